The van der Waals surface area contributed by atoms with Crippen molar-refractivity contribution in [1.29, 1.82) is 0 Å². The quantitative estimate of drug-likeness (QED) is 0.617. The molecule has 0 unspecified atom stereocenters. The highest BCUT2D eigenvalue weighted by Crippen LogP contribution is 2.15. The summed E-state index contributed by atoms with van der Waals surface area (Å²) in [7, 11) is 1.62. The minimum Gasteiger partial charge on any atom is -0.497 e. The van der Waals surface area contributed by atoms with Crippen molar-refractivity contribution in [3.8, 4) is 5.75 Å². The zero-order valence-corrected chi connectivity index (χ0v) is 16.2. The van der Waals surface area contributed by atoms with E-state index in [9.17, 15) is 9.59 Å². The van der Waals surface area contributed by atoms with Gasteiger partial charge in [-0.25, -0.2) is 0 Å². The number of methoxy groups -OCH3 is 1. The molecule has 29 heavy (non-hydrogen) atoms. The van der Waals surface area contributed by atoms with Gasteiger partial charge in [-0.15, -0.1) is 0 Å². The molecule has 2 amide bonds. The molecule has 0 aliphatic rings. The molecule has 1 heterocycles. The normalized spacial score (nSPS) is 10.2. The molecule has 0 bridgehead atoms. The van der Waals surface area contributed by atoms with Crippen LogP contribution in [0.4, 0.5) is 5.69 Å². The highest BCUT2D eigenvalue weighted by Gasteiger charge is 2.06. The number of carbonyl (C=O) groups excluding carboxylic acids is 2. The summed E-state index contributed by atoms with van der Waals surface area (Å²) in [4.78, 5) is 28.2. The van der Waals surface area contributed by atoms with E-state index in [0.29, 0.717) is 24.9 Å². The second-order valence-corrected chi connectivity index (χ2v) is 6.52. The van der Waals surface area contributed by atoms with Gasteiger partial charge in [0.15, 0.2) is 0 Å². The number of rotatable bonds is 8. The Bertz CT molecular complexity index is 957. The van der Waals surface area contributed by atoms with Crippen LogP contribution >= 0.6 is 0 Å². The standard InChI is InChI=1S/C23H23N3O3/c1-29-21-6-2-4-17(14-21)9-12-22(27)26-20-10-7-18(8-11-20)15-25-23(28)19-5-3-13-24-16-19/h2-8,10-11,13-14,16H,9,12,15H2,1H3,(H,25,28)(H,26,27). The molecule has 1 aromatic heterocycles. The molecule has 0 spiro atoms. The Morgan fingerprint density at radius 1 is 1.00 bits per heavy atom. The molecule has 2 N–H and O–H groups in total. The van der Waals surface area contributed by atoms with Crippen LogP contribution in [0.3, 0.4) is 0 Å². The summed E-state index contributed by atoms with van der Waals surface area (Å²) in [6, 6.07) is 18.5. The first-order valence-electron chi connectivity index (χ1n) is 9.34. The van der Waals surface area contributed by atoms with Gasteiger partial charge in [-0.1, -0.05) is 24.3 Å². The highest BCUT2D eigenvalue weighted by atomic mass is 16.5. The smallest absolute Gasteiger partial charge is 0.253 e. The van der Waals surface area contributed by atoms with Crippen molar-refractivity contribution in [3.05, 3.63) is 89.7 Å². The van der Waals surface area contributed by atoms with Crippen molar-refractivity contribution < 1.29 is 14.3 Å². The van der Waals surface area contributed by atoms with E-state index in [1.54, 1.807) is 25.4 Å². The molecule has 0 aliphatic heterocycles. The van der Waals surface area contributed by atoms with Crippen molar-refractivity contribution in [2.24, 2.45) is 0 Å². The Labute approximate surface area is 169 Å². The largest absolute Gasteiger partial charge is 0.497 e. The van der Waals surface area contributed by atoms with Gasteiger partial charge in [0.1, 0.15) is 5.75 Å². The van der Waals surface area contributed by atoms with Crippen molar-refractivity contribution >= 4 is 17.5 Å². The van der Waals surface area contributed by atoms with Crippen molar-refractivity contribution in [3.63, 3.8) is 0 Å². The van der Waals surface area contributed by atoms with Gasteiger partial charge in [0.25, 0.3) is 5.91 Å². The van der Waals surface area contributed by atoms with Crippen molar-refractivity contribution in [2.45, 2.75) is 19.4 Å². The lowest BCUT2D eigenvalue weighted by molar-refractivity contribution is -0.116. The summed E-state index contributed by atoms with van der Waals surface area (Å²) in [5, 5.41) is 5.74. The third-order valence-corrected chi connectivity index (χ3v) is 4.39. The average molecular weight is 389 g/mol. The van der Waals surface area contributed by atoms with Crippen LogP contribution in [0.5, 0.6) is 5.75 Å². The van der Waals surface area contributed by atoms with Gasteiger partial charge >= 0.3 is 0 Å². The minimum atomic E-state index is -0.173. The molecule has 0 saturated carbocycles. The van der Waals surface area contributed by atoms with Gasteiger partial charge in [0, 0.05) is 31.0 Å². The van der Waals surface area contributed by atoms with Crippen molar-refractivity contribution in [2.75, 3.05) is 12.4 Å². The second-order valence-electron chi connectivity index (χ2n) is 6.52. The Hall–Kier alpha value is -3.67. The minimum absolute atomic E-state index is 0.0505. The number of pyridine rings is 1. The molecular formula is C23H23N3O3. The Kier molecular flexibility index (Phi) is 6.95. The third-order valence-electron chi connectivity index (χ3n) is 4.39. The van der Waals surface area contributed by atoms with Gasteiger partial charge in [-0.05, 0) is 53.9 Å². The van der Waals surface area contributed by atoms with E-state index < -0.39 is 0 Å². The van der Waals surface area contributed by atoms with E-state index in [1.165, 1.54) is 6.20 Å². The number of aromatic nitrogens is 1. The van der Waals surface area contributed by atoms with Crippen molar-refractivity contribution in [1.82, 2.24) is 10.3 Å². The van der Waals surface area contributed by atoms with E-state index in [1.807, 2.05) is 48.5 Å². The molecule has 0 aliphatic carbocycles. The fourth-order valence-corrected chi connectivity index (χ4v) is 2.80. The number of hydrogen-bond acceptors (Lipinski definition) is 4. The zero-order valence-electron chi connectivity index (χ0n) is 16.2. The molecule has 0 radical (unpaired) electrons. The summed E-state index contributed by atoms with van der Waals surface area (Å²) < 4.78 is 5.20. The molecule has 3 rings (SSSR count). The van der Waals surface area contributed by atoms with Gasteiger partial charge in [0.05, 0.1) is 12.7 Å². The van der Waals surface area contributed by atoms with E-state index in [-0.39, 0.29) is 11.8 Å². The topological polar surface area (TPSA) is 80.3 Å². The lowest BCUT2D eigenvalue weighted by Crippen LogP contribution is -2.22. The molecule has 6 nitrogen and oxygen atoms in total. The number of aryl methyl sites for hydroxylation is 1. The summed E-state index contributed by atoms with van der Waals surface area (Å²) >= 11 is 0. The number of amides is 2. The van der Waals surface area contributed by atoms with Crippen LogP contribution in [0, 0.1) is 0 Å². The van der Waals surface area contributed by atoms with E-state index in [2.05, 4.69) is 15.6 Å². The lowest BCUT2D eigenvalue weighted by atomic mass is 10.1. The molecule has 3 aromatic rings. The number of nitrogens with zero attached hydrogens (tertiary/aromatic N) is 1. The first kappa shape index (κ1) is 20.1. The molecule has 0 atom stereocenters. The lowest BCUT2D eigenvalue weighted by Gasteiger charge is -2.08. The molecule has 6 heteroatoms. The summed E-state index contributed by atoms with van der Waals surface area (Å²) in [6.45, 7) is 0.401. The van der Waals surface area contributed by atoms with Gasteiger partial charge in [-0.3, -0.25) is 14.6 Å². The zero-order chi connectivity index (χ0) is 20.5. The predicted octanol–water partition coefficient (Wildman–Crippen LogP) is 3.59. The SMILES string of the molecule is COc1cccc(CCC(=O)Nc2ccc(CNC(=O)c3cccnc3)cc2)c1. The maximum atomic E-state index is 12.2. The van der Waals surface area contributed by atoms with Crippen LogP contribution in [0.25, 0.3) is 0 Å². The summed E-state index contributed by atoms with van der Waals surface area (Å²) in [5.74, 6) is 0.563. The summed E-state index contributed by atoms with van der Waals surface area (Å²) in [5.41, 5.74) is 3.24. The van der Waals surface area contributed by atoms with Crippen LogP contribution in [0.2, 0.25) is 0 Å². The van der Waals surface area contributed by atoms with Gasteiger partial charge in [0.2, 0.25) is 5.91 Å². The van der Waals surface area contributed by atoms with Crippen LogP contribution in [-0.4, -0.2) is 23.9 Å². The number of anilines is 1. The van der Waals surface area contributed by atoms with E-state index in [0.717, 1.165) is 22.6 Å². The van der Waals surface area contributed by atoms with Crippen LogP contribution in [0.15, 0.2) is 73.1 Å². The van der Waals surface area contributed by atoms with Gasteiger partial charge in [-0.2, -0.15) is 0 Å². The number of benzene rings is 2. The first-order valence-corrected chi connectivity index (χ1v) is 9.34. The Balaban J connectivity index is 1.45. The summed E-state index contributed by atoms with van der Waals surface area (Å²) in [6.07, 6.45) is 4.18. The Morgan fingerprint density at radius 2 is 1.83 bits per heavy atom. The van der Waals surface area contributed by atoms with Crippen LogP contribution < -0.4 is 15.4 Å². The first-order chi connectivity index (χ1) is 14.1. The highest BCUT2D eigenvalue weighted by molar-refractivity contribution is 5.93. The number of nitrogens with one attached hydrogen (secondary N) is 2. The van der Waals surface area contributed by atoms with E-state index in [4.69, 9.17) is 4.74 Å². The molecular weight excluding hydrogens is 366 g/mol. The van der Waals surface area contributed by atoms with Gasteiger partial charge < -0.3 is 15.4 Å². The third kappa shape index (κ3) is 6.17. The number of carbonyl (C=O) groups is 2. The Morgan fingerprint density at radius 3 is 2.55 bits per heavy atom. The maximum absolute atomic E-state index is 12.2. The fraction of sp³-hybridized carbons (Fsp3) is 0.174. The predicted molar refractivity (Wildman–Crippen MR) is 112 cm³/mol. The monoisotopic (exact) mass is 389 g/mol. The number of ether oxygens (including phenoxy) is 1. The van der Waals surface area contributed by atoms with Crippen LogP contribution in [0.1, 0.15) is 27.9 Å². The average Bonchev–Trinajstić information content (AvgIpc) is 2.77. The second kappa shape index (κ2) is 10.0. The molecule has 0 saturated heterocycles. The van der Waals surface area contributed by atoms with E-state index >= 15 is 0 Å². The van der Waals surface area contributed by atoms with Crippen LogP contribution in [-0.2, 0) is 17.8 Å². The molecule has 2 aromatic carbocycles. The maximum Gasteiger partial charge on any atom is 0.253 e. The fourth-order valence-electron chi connectivity index (χ4n) is 2.80. The number of hydrogen-bond donors (Lipinski definition) is 2. The molecule has 0 fully saturated rings. The molecule has 148 valence electrons.